The lowest BCUT2D eigenvalue weighted by molar-refractivity contribution is -0.139. The number of benzene rings is 3. The first kappa shape index (κ1) is 29.5. The smallest absolute Gasteiger partial charge is 0.264 e. The zero-order valence-electron chi connectivity index (χ0n) is 21.5. The van der Waals surface area contributed by atoms with E-state index in [-0.39, 0.29) is 34.1 Å². The van der Waals surface area contributed by atoms with E-state index in [1.165, 1.54) is 35.2 Å². The first-order valence-electron chi connectivity index (χ1n) is 12.2. The van der Waals surface area contributed by atoms with Gasteiger partial charge in [0.25, 0.3) is 10.0 Å². The molecule has 0 aromatic heterocycles. The minimum Gasteiger partial charge on any atom is -0.352 e. The van der Waals surface area contributed by atoms with Crippen LogP contribution in [0.3, 0.4) is 0 Å². The second-order valence-electron chi connectivity index (χ2n) is 8.92. The summed E-state index contributed by atoms with van der Waals surface area (Å²) in [7, 11) is -4.20. The van der Waals surface area contributed by atoms with Crippen LogP contribution in [0.25, 0.3) is 0 Å². The molecule has 0 spiro atoms. The molecule has 0 aliphatic rings. The van der Waals surface area contributed by atoms with Crippen LogP contribution in [0.15, 0.2) is 83.8 Å². The van der Waals surface area contributed by atoms with Crippen LogP contribution in [0.1, 0.15) is 32.8 Å². The van der Waals surface area contributed by atoms with E-state index in [0.29, 0.717) is 5.02 Å². The van der Waals surface area contributed by atoms with Gasteiger partial charge in [0.15, 0.2) is 0 Å². The zero-order chi connectivity index (χ0) is 27.9. The standard InChI is InChI=1S/C28H31Cl2N3O4S/c1-4-20(2)31-28(35)21(3)32(18-22-11-7-5-8-12-22)27(34)19-33(26-16-15-23(29)17-25(26)30)38(36,37)24-13-9-6-10-14-24/h5-17,20-21H,4,18-19H2,1-3H3,(H,31,35)/t20-,21+/m1/s1. The second-order valence-corrected chi connectivity index (χ2v) is 11.6. The molecular weight excluding hydrogens is 545 g/mol. The number of sulfonamides is 1. The Morgan fingerprint density at radius 3 is 2.11 bits per heavy atom. The number of amides is 2. The molecule has 0 saturated carbocycles. The van der Waals surface area contributed by atoms with E-state index < -0.39 is 28.5 Å². The lowest BCUT2D eigenvalue weighted by Crippen LogP contribution is -2.52. The van der Waals surface area contributed by atoms with Gasteiger partial charge < -0.3 is 10.2 Å². The van der Waals surface area contributed by atoms with Crippen LogP contribution < -0.4 is 9.62 Å². The highest BCUT2D eigenvalue weighted by molar-refractivity contribution is 7.92. The molecule has 2 amide bonds. The fraction of sp³-hybridized carbons (Fsp3) is 0.286. The maximum absolute atomic E-state index is 13.9. The molecule has 0 aliphatic carbocycles. The molecule has 202 valence electrons. The topological polar surface area (TPSA) is 86.8 Å². The van der Waals surface area contributed by atoms with Gasteiger partial charge >= 0.3 is 0 Å². The van der Waals surface area contributed by atoms with Crippen LogP contribution in [0.5, 0.6) is 0 Å². The maximum atomic E-state index is 13.9. The zero-order valence-corrected chi connectivity index (χ0v) is 23.8. The third kappa shape index (κ3) is 7.28. The molecule has 0 heterocycles. The van der Waals surface area contributed by atoms with Crippen molar-refractivity contribution in [2.24, 2.45) is 0 Å². The Balaban J connectivity index is 2.03. The summed E-state index contributed by atoms with van der Waals surface area (Å²) >= 11 is 12.5. The Kier molecular flexibility index (Phi) is 10.2. The summed E-state index contributed by atoms with van der Waals surface area (Å²) < 4.78 is 28.5. The van der Waals surface area contributed by atoms with Crippen molar-refractivity contribution in [1.29, 1.82) is 0 Å². The van der Waals surface area contributed by atoms with Crippen molar-refractivity contribution in [1.82, 2.24) is 10.2 Å². The van der Waals surface area contributed by atoms with Gasteiger partial charge in [-0.25, -0.2) is 8.42 Å². The van der Waals surface area contributed by atoms with Crippen LogP contribution in [-0.2, 0) is 26.2 Å². The molecule has 10 heteroatoms. The number of carbonyl (C=O) groups excluding carboxylic acids is 2. The molecule has 38 heavy (non-hydrogen) atoms. The van der Waals surface area contributed by atoms with Crippen LogP contribution in [0.2, 0.25) is 10.0 Å². The highest BCUT2D eigenvalue weighted by Crippen LogP contribution is 2.33. The minimum atomic E-state index is -4.20. The quantitative estimate of drug-likeness (QED) is 0.326. The van der Waals surface area contributed by atoms with Gasteiger partial charge in [0, 0.05) is 17.6 Å². The molecular formula is C28H31Cl2N3O4S. The highest BCUT2D eigenvalue weighted by atomic mass is 35.5. The van der Waals surface area contributed by atoms with Crippen molar-refractivity contribution < 1.29 is 18.0 Å². The molecule has 3 aromatic rings. The van der Waals surface area contributed by atoms with E-state index in [1.54, 1.807) is 25.1 Å². The van der Waals surface area contributed by atoms with Crippen molar-refractivity contribution in [2.45, 2.75) is 50.7 Å². The fourth-order valence-electron chi connectivity index (χ4n) is 3.74. The number of carbonyl (C=O) groups is 2. The Morgan fingerprint density at radius 1 is 0.921 bits per heavy atom. The van der Waals surface area contributed by atoms with Gasteiger partial charge in [0.2, 0.25) is 11.8 Å². The highest BCUT2D eigenvalue weighted by Gasteiger charge is 2.33. The first-order chi connectivity index (χ1) is 18.0. The Morgan fingerprint density at radius 2 is 1.53 bits per heavy atom. The number of anilines is 1. The average Bonchev–Trinajstić information content (AvgIpc) is 2.91. The number of hydrogen-bond donors (Lipinski definition) is 1. The third-order valence-corrected chi connectivity index (χ3v) is 8.46. The molecule has 0 aliphatic heterocycles. The number of halogens is 2. The van der Waals surface area contributed by atoms with Crippen molar-refractivity contribution in [3.8, 4) is 0 Å². The summed E-state index contributed by atoms with van der Waals surface area (Å²) in [5.74, 6) is -0.892. The normalized spacial score (nSPS) is 12.9. The van der Waals surface area contributed by atoms with Crippen LogP contribution >= 0.6 is 23.2 Å². The van der Waals surface area contributed by atoms with Crippen LogP contribution in [0.4, 0.5) is 5.69 Å². The van der Waals surface area contributed by atoms with E-state index in [4.69, 9.17) is 23.2 Å². The van der Waals surface area contributed by atoms with E-state index in [0.717, 1.165) is 16.3 Å². The average molecular weight is 577 g/mol. The Hall–Kier alpha value is -3.07. The minimum absolute atomic E-state index is 0.00371. The van der Waals surface area contributed by atoms with E-state index in [1.807, 2.05) is 44.2 Å². The number of nitrogens with one attached hydrogen (secondary N) is 1. The lowest BCUT2D eigenvalue weighted by Gasteiger charge is -2.32. The first-order valence-corrected chi connectivity index (χ1v) is 14.4. The van der Waals surface area contributed by atoms with E-state index in [2.05, 4.69) is 5.32 Å². The second kappa shape index (κ2) is 13.1. The number of nitrogens with zero attached hydrogens (tertiary/aromatic N) is 2. The van der Waals surface area contributed by atoms with Gasteiger partial charge in [-0.1, -0.05) is 78.7 Å². The molecule has 1 N–H and O–H groups in total. The van der Waals surface area contributed by atoms with Crippen molar-refractivity contribution in [3.05, 3.63) is 94.5 Å². The van der Waals surface area contributed by atoms with Crippen molar-refractivity contribution in [2.75, 3.05) is 10.8 Å². The molecule has 0 bridgehead atoms. The van der Waals surface area contributed by atoms with Crippen LogP contribution in [0, 0.1) is 0 Å². The van der Waals surface area contributed by atoms with Gasteiger partial charge in [-0.15, -0.1) is 0 Å². The molecule has 0 fully saturated rings. The molecule has 7 nitrogen and oxygen atoms in total. The predicted molar refractivity (Wildman–Crippen MR) is 152 cm³/mol. The van der Waals surface area contributed by atoms with Gasteiger partial charge in [-0.05, 0) is 56.2 Å². The summed E-state index contributed by atoms with van der Waals surface area (Å²) in [5.41, 5.74) is 0.899. The summed E-state index contributed by atoms with van der Waals surface area (Å²) in [4.78, 5) is 28.3. The molecule has 2 atom stereocenters. The summed E-state index contributed by atoms with van der Waals surface area (Å²) in [6.07, 6.45) is 0.725. The van der Waals surface area contributed by atoms with E-state index in [9.17, 15) is 18.0 Å². The summed E-state index contributed by atoms with van der Waals surface area (Å²) in [5, 5.41) is 3.30. The number of hydrogen-bond acceptors (Lipinski definition) is 4. The van der Waals surface area contributed by atoms with Gasteiger partial charge in [0.05, 0.1) is 15.6 Å². The Labute approximate surface area is 234 Å². The largest absolute Gasteiger partial charge is 0.352 e. The molecule has 3 rings (SSSR count). The number of rotatable bonds is 11. The van der Waals surface area contributed by atoms with Crippen LogP contribution in [-0.4, -0.2) is 43.8 Å². The van der Waals surface area contributed by atoms with Gasteiger partial charge in [-0.2, -0.15) is 0 Å². The summed E-state index contributed by atoms with van der Waals surface area (Å²) in [6.45, 7) is 4.99. The van der Waals surface area contributed by atoms with Gasteiger partial charge in [0.1, 0.15) is 12.6 Å². The molecule has 3 aromatic carbocycles. The monoisotopic (exact) mass is 575 g/mol. The van der Waals surface area contributed by atoms with Crippen molar-refractivity contribution >= 4 is 50.7 Å². The lowest BCUT2D eigenvalue weighted by atomic mass is 10.1. The maximum Gasteiger partial charge on any atom is 0.264 e. The summed E-state index contributed by atoms with van der Waals surface area (Å²) in [6, 6.07) is 20.4. The van der Waals surface area contributed by atoms with Crippen molar-refractivity contribution in [3.63, 3.8) is 0 Å². The fourth-order valence-corrected chi connectivity index (χ4v) is 5.76. The molecule has 0 unspecified atom stereocenters. The predicted octanol–water partition coefficient (Wildman–Crippen LogP) is 5.52. The SMILES string of the molecule is CC[C@@H](C)NC(=O)[C@H](C)N(Cc1ccccc1)C(=O)CN(c1ccc(Cl)cc1Cl)S(=O)(=O)c1ccccc1. The third-order valence-electron chi connectivity index (χ3n) is 6.15. The molecule has 0 radical (unpaired) electrons. The van der Waals surface area contributed by atoms with E-state index >= 15 is 0 Å². The van der Waals surface area contributed by atoms with Gasteiger partial charge in [-0.3, -0.25) is 13.9 Å². The molecule has 0 saturated heterocycles. The Bertz CT molecular complexity index is 1360.